The second-order valence-electron chi connectivity index (χ2n) is 6.97. The van der Waals surface area contributed by atoms with Crippen LogP contribution in [0.3, 0.4) is 0 Å². The van der Waals surface area contributed by atoms with Gasteiger partial charge in [0.15, 0.2) is 17.1 Å². The predicted octanol–water partition coefficient (Wildman–Crippen LogP) is 2.84. The maximum absolute atomic E-state index is 12.9. The Labute approximate surface area is 153 Å². The molecule has 1 saturated carbocycles. The number of aromatic nitrogens is 4. The van der Waals surface area contributed by atoms with Gasteiger partial charge in [-0.3, -0.25) is 19.4 Å². The topological polar surface area (TPSA) is 106 Å². The number of oxazole rings is 1. The first kappa shape index (κ1) is 15.8. The summed E-state index contributed by atoms with van der Waals surface area (Å²) in [6.45, 7) is 1.79. The van der Waals surface area contributed by atoms with E-state index in [1.807, 2.05) is 0 Å². The van der Waals surface area contributed by atoms with Gasteiger partial charge in [-0.05, 0) is 44.0 Å². The molecule has 0 spiro atoms. The smallest absolute Gasteiger partial charge is 0.274 e. The molecular formula is C19H17N5O3. The van der Waals surface area contributed by atoms with Gasteiger partial charge in [-0.15, -0.1) is 0 Å². The molecular weight excluding hydrogens is 346 g/mol. The Hall–Kier alpha value is -3.42. The minimum Gasteiger partial charge on any atom is -0.440 e. The van der Waals surface area contributed by atoms with Crippen molar-refractivity contribution in [2.45, 2.75) is 25.7 Å². The van der Waals surface area contributed by atoms with E-state index in [4.69, 9.17) is 4.42 Å². The SMILES string of the molecule is Cc1cc(C(=O)Nc2ccc3oc(C4CC4)nc3c2)c2c(=O)[nH]n(C)c2n1. The standard InChI is InChI=1S/C19H17N5O3/c1-9-7-12(15-16(20-9)24(2)23-18(15)26)17(25)21-11-5-6-14-13(8-11)22-19(27-14)10-3-4-10/h5-8,10H,3-4H2,1-2H3,(H,21,25)(H,23,26). The predicted molar refractivity (Wildman–Crippen MR) is 100 cm³/mol. The molecule has 0 radical (unpaired) electrons. The molecule has 1 amide bonds. The highest BCUT2D eigenvalue weighted by molar-refractivity contribution is 6.12. The highest BCUT2D eigenvalue weighted by atomic mass is 16.3. The van der Waals surface area contributed by atoms with Gasteiger partial charge >= 0.3 is 0 Å². The summed E-state index contributed by atoms with van der Waals surface area (Å²) in [5, 5.41) is 5.77. The van der Waals surface area contributed by atoms with Crippen LogP contribution in [-0.2, 0) is 7.05 Å². The number of carbonyl (C=O) groups is 1. The first-order valence-corrected chi connectivity index (χ1v) is 8.78. The van der Waals surface area contributed by atoms with E-state index in [1.54, 1.807) is 38.2 Å². The number of carbonyl (C=O) groups excluding carboxylic acids is 1. The van der Waals surface area contributed by atoms with Crippen LogP contribution < -0.4 is 10.9 Å². The van der Waals surface area contributed by atoms with Gasteiger partial charge in [0.1, 0.15) is 5.52 Å². The van der Waals surface area contributed by atoms with Crippen LogP contribution in [0.2, 0.25) is 0 Å². The van der Waals surface area contributed by atoms with Crippen molar-refractivity contribution in [1.82, 2.24) is 19.7 Å². The van der Waals surface area contributed by atoms with E-state index in [0.717, 1.165) is 18.7 Å². The molecule has 0 atom stereocenters. The lowest BCUT2D eigenvalue weighted by Crippen LogP contribution is -2.15. The van der Waals surface area contributed by atoms with Crippen molar-refractivity contribution >= 4 is 33.7 Å². The summed E-state index contributed by atoms with van der Waals surface area (Å²) in [6.07, 6.45) is 2.22. The molecule has 5 rings (SSSR count). The van der Waals surface area contributed by atoms with E-state index in [1.165, 1.54) is 4.68 Å². The van der Waals surface area contributed by atoms with E-state index in [9.17, 15) is 9.59 Å². The van der Waals surface area contributed by atoms with Crippen molar-refractivity contribution in [2.75, 3.05) is 5.32 Å². The zero-order valence-corrected chi connectivity index (χ0v) is 14.9. The number of hydrogen-bond acceptors (Lipinski definition) is 5. The molecule has 8 heteroatoms. The van der Waals surface area contributed by atoms with Crippen LogP contribution >= 0.6 is 0 Å². The Morgan fingerprint density at radius 1 is 1.30 bits per heavy atom. The Morgan fingerprint density at radius 3 is 2.89 bits per heavy atom. The molecule has 0 saturated heterocycles. The number of hydrogen-bond donors (Lipinski definition) is 2. The summed E-state index contributed by atoms with van der Waals surface area (Å²) >= 11 is 0. The second-order valence-corrected chi connectivity index (χ2v) is 6.97. The third-order valence-electron chi connectivity index (χ3n) is 4.78. The number of nitrogens with zero attached hydrogens (tertiary/aromatic N) is 3. The zero-order valence-electron chi connectivity index (χ0n) is 14.9. The number of aryl methyl sites for hydroxylation is 2. The van der Waals surface area contributed by atoms with E-state index >= 15 is 0 Å². The second kappa shape index (κ2) is 5.54. The van der Waals surface area contributed by atoms with Gasteiger partial charge in [-0.1, -0.05) is 0 Å². The quantitative estimate of drug-likeness (QED) is 0.582. The number of anilines is 1. The van der Waals surface area contributed by atoms with Gasteiger partial charge in [-0.2, -0.15) is 0 Å². The molecule has 3 aromatic heterocycles. The average molecular weight is 363 g/mol. The lowest BCUT2D eigenvalue weighted by molar-refractivity contribution is 0.102. The largest absolute Gasteiger partial charge is 0.440 e. The first-order valence-electron chi connectivity index (χ1n) is 8.78. The van der Waals surface area contributed by atoms with Crippen molar-refractivity contribution in [3.05, 3.63) is 51.8 Å². The fraction of sp³-hybridized carbons (Fsp3) is 0.263. The molecule has 0 bridgehead atoms. The minimum atomic E-state index is -0.368. The van der Waals surface area contributed by atoms with Gasteiger partial charge in [0.25, 0.3) is 11.5 Å². The van der Waals surface area contributed by atoms with E-state index in [-0.39, 0.29) is 16.9 Å². The maximum atomic E-state index is 12.9. The van der Waals surface area contributed by atoms with Gasteiger partial charge in [0.2, 0.25) is 0 Å². The van der Waals surface area contributed by atoms with Gasteiger partial charge in [-0.25, -0.2) is 9.97 Å². The lowest BCUT2D eigenvalue weighted by atomic mass is 10.1. The van der Waals surface area contributed by atoms with Gasteiger partial charge < -0.3 is 9.73 Å². The fourth-order valence-electron chi connectivity index (χ4n) is 3.29. The molecule has 1 aliphatic rings. The molecule has 1 fully saturated rings. The van der Waals surface area contributed by atoms with Crippen LogP contribution in [0.5, 0.6) is 0 Å². The summed E-state index contributed by atoms with van der Waals surface area (Å²) in [6, 6.07) is 6.96. The third kappa shape index (κ3) is 2.61. The Bertz CT molecular complexity index is 1280. The Morgan fingerprint density at radius 2 is 2.11 bits per heavy atom. The van der Waals surface area contributed by atoms with E-state index in [2.05, 4.69) is 20.4 Å². The van der Waals surface area contributed by atoms with Crippen molar-refractivity contribution in [3.63, 3.8) is 0 Å². The molecule has 0 unspecified atom stereocenters. The van der Waals surface area contributed by atoms with Crippen molar-refractivity contribution < 1.29 is 9.21 Å². The Kier molecular flexibility index (Phi) is 3.24. The first-order chi connectivity index (χ1) is 13.0. The van der Waals surface area contributed by atoms with E-state index < -0.39 is 0 Å². The number of H-pyrrole nitrogens is 1. The minimum absolute atomic E-state index is 0.277. The van der Waals surface area contributed by atoms with Crippen LogP contribution in [0.25, 0.3) is 22.1 Å². The number of fused-ring (bicyclic) bond motifs is 2. The van der Waals surface area contributed by atoms with Crippen LogP contribution in [0.15, 0.2) is 33.5 Å². The molecule has 27 heavy (non-hydrogen) atoms. The monoisotopic (exact) mass is 363 g/mol. The average Bonchev–Trinajstić information content (AvgIpc) is 3.33. The number of aromatic amines is 1. The highest BCUT2D eigenvalue weighted by Gasteiger charge is 2.29. The number of rotatable bonds is 3. The summed E-state index contributed by atoms with van der Waals surface area (Å²) in [4.78, 5) is 33.9. The third-order valence-corrected chi connectivity index (χ3v) is 4.78. The molecule has 136 valence electrons. The number of pyridine rings is 1. The van der Waals surface area contributed by atoms with Crippen molar-refractivity contribution in [1.29, 1.82) is 0 Å². The fourth-order valence-corrected chi connectivity index (χ4v) is 3.29. The molecule has 3 heterocycles. The summed E-state index contributed by atoms with van der Waals surface area (Å²) in [7, 11) is 1.69. The Balaban J connectivity index is 1.52. The van der Waals surface area contributed by atoms with E-state index in [0.29, 0.717) is 39.6 Å². The lowest BCUT2D eigenvalue weighted by Gasteiger charge is -2.07. The maximum Gasteiger partial charge on any atom is 0.274 e. The van der Waals surface area contributed by atoms with Crippen LogP contribution in [0, 0.1) is 6.92 Å². The molecule has 1 aromatic carbocycles. The summed E-state index contributed by atoms with van der Waals surface area (Å²) < 4.78 is 7.26. The summed E-state index contributed by atoms with van der Waals surface area (Å²) in [5.41, 5.74) is 3.07. The number of amides is 1. The molecule has 2 N–H and O–H groups in total. The summed E-state index contributed by atoms with van der Waals surface area (Å²) in [5.74, 6) is 0.816. The van der Waals surface area contributed by atoms with Crippen LogP contribution in [0.1, 0.15) is 40.7 Å². The van der Waals surface area contributed by atoms with Crippen LogP contribution in [0.4, 0.5) is 5.69 Å². The van der Waals surface area contributed by atoms with Gasteiger partial charge in [0.05, 0.1) is 10.9 Å². The van der Waals surface area contributed by atoms with Crippen LogP contribution in [-0.4, -0.2) is 25.7 Å². The highest BCUT2D eigenvalue weighted by Crippen LogP contribution is 2.40. The molecule has 1 aliphatic carbocycles. The normalized spacial score (nSPS) is 14.1. The zero-order chi connectivity index (χ0) is 18.7. The molecule has 8 nitrogen and oxygen atoms in total. The molecule has 0 aliphatic heterocycles. The number of benzene rings is 1. The van der Waals surface area contributed by atoms with Crippen molar-refractivity contribution in [3.8, 4) is 0 Å². The van der Waals surface area contributed by atoms with Gasteiger partial charge in [0, 0.05) is 24.3 Å². The van der Waals surface area contributed by atoms with Crippen molar-refractivity contribution in [2.24, 2.45) is 7.05 Å². The number of nitrogens with one attached hydrogen (secondary N) is 2. The molecule has 4 aromatic rings.